The monoisotopic (exact) mass is 436 g/mol. The third kappa shape index (κ3) is 4.85. The molecule has 9 heteroatoms. The quantitative estimate of drug-likeness (QED) is 0.699. The highest BCUT2D eigenvalue weighted by Crippen LogP contribution is 2.26. The largest absolute Gasteiger partial charge is 0.462 e. The molecule has 1 aliphatic heterocycles. The molecule has 1 aromatic heterocycles. The van der Waals surface area contributed by atoms with Gasteiger partial charge in [-0.2, -0.15) is 4.31 Å². The van der Waals surface area contributed by atoms with Crippen molar-refractivity contribution in [3.63, 3.8) is 0 Å². The maximum absolute atomic E-state index is 12.8. The van der Waals surface area contributed by atoms with E-state index in [1.54, 1.807) is 18.4 Å². The second-order valence-electron chi connectivity index (χ2n) is 6.97. The first-order valence-electron chi connectivity index (χ1n) is 9.49. The van der Waals surface area contributed by atoms with E-state index in [-0.39, 0.29) is 11.5 Å². The van der Waals surface area contributed by atoms with Crippen LogP contribution < -0.4 is 5.32 Å². The van der Waals surface area contributed by atoms with Gasteiger partial charge < -0.3 is 10.1 Å². The molecule has 1 amide bonds. The SMILES string of the molecule is CCOC(=O)c1ccsc1NC(=O)c1ccc(S(=O)(=O)N2CCCC(C)C2)cc1. The Morgan fingerprint density at radius 3 is 2.62 bits per heavy atom. The number of carbonyl (C=O) groups is 2. The standard InChI is InChI=1S/C20H24N2O5S2/c1-3-27-20(24)17-10-12-28-19(17)21-18(23)15-6-8-16(9-7-15)29(25,26)22-11-4-5-14(2)13-22/h6-10,12,14H,3-5,11,13H2,1-2H3,(H,21,23). The summed E-state index contributed by atoms with van der Waals surface area (Å²) in [4.78, 5) is 24.6. The van der Waals surface area contributed by atoms with E-state index in [2.05, 4.69) is 5.32 Å². The minimum atomic E-state index is -3.57. The number of esters is 1. The summed E-state index contributed by atoms with van der Waals surface area (Å²) in [6.07, 6.45) is 1.88. The van der Waals surface area contributed by atoms with Gasteiger partial charge in [-0.3, -0.25) is 4.79 Å². The summed E-state index contributed by atoms with van der Waals surface area (Å²) in [5.74, 6) is -0.585. The molecule has 1 aromatic carbocycles. The first kappa shape index (κ1) is 21.5. The molecule has 1 unspecified atom stereocenters. The van der Waals surface area contributed by atoms with Crippen LogP contribution in [0.5, 0.6) is 0 Å². The number of piperidine rings is 1. The Labute approximate surface area is 174 Å². The Kier molecular flexibility index (Phi) is 6.71. The van der Waals surface area contributed by atoms with Gasteiger partial charge in [0.15, 0.2) is 0 Å². The van der Waals surface area contributed by atoms with E-state index in [1.807, 2.05) is 6.92 Å². The number of carbonyl (C=O) groups excluding carboxylic acids is 2. The summed E-state index contributed by atoms with van der Waals surface area (Å²) in [6.45, 7) is 5.03. The second kappa shape index (κ2) is 9.06. The molecule has 1 fully saturated rings. The molecule has 7 nitrogen and oxygen atoms in total. The van der Waals surface area contributed by atoms with Crippen LogP contribution in [0.2, 0.25) is 0 Å². The van der Waals surface area contributed by atoms with Crippen molar-refractivity contribution >= 4 is 38.2 Å². The molecule has 1 atom stereocenters. The van der Waals surface area contributed by atoms with Crippen LogP contribution in [0.1, 0.15) is 47.4 Å². The first-order valence-corrected chi connectivity index (χ1v) is 11.8. The van der Waals surface area contributed by atoms with Gasteiger partial charge in [0, 0.05) is 18.7 Å². The Bertz CT molecular complexity index is 983. The Balaban J connectivity index is 1.73. The number of rotatable bonds is 6. The molecule has 156 valence electrons. The van der Waals surface area contributed by atoms with Crippen LogP contribution in [-0.2, 0) is 14.8 Å². The summed E-state index contributed by atoms with van der Waals surface area (Å²) in [5.41, 5.74) is 0.600. The molecule has 2 aromatic rings. The molecule has 0 radical (unpaired) electrons. The van der Waals surface area contributed by atoms with Crippen LogP contribution in [0, 0.1) is 5.92 Å². The van der Waals surface area contributed by atoms with Crippen LogP contribution in [-0.4, -0.2) is 44.3 Å². The second-order valence-corrected chi connectivity index (χ2v) is 9.83. The zero-order chi connectivity index (χ0) is 21.0. The van der Waals surface area contributed by atoms with Gasteiger partial charge in [0.2, 0.25) is 10.0 Å². The number of nitrogens with zero attached hydrogens (tertiary/aromatic N) is 1. The van der Waals surface area contributed by atoms with Crippen LogP contribution in [0.25, 0.3) is 0 Å². The van der Waals surface area contributed by atoms with Gasteiger partial charge in [0.1, 0.15) is 5.00 Å². The summed E-state index contributed by atoms with van der Waals surface area (Å²) in [5, 5.41) is 4.78. The number of hydrogen-bond acceptors (Lipinski definition) is 6. The lowest BCUT2D eigenvalue weighted by Gasteiger charge is -2.30. The molecule has 1 saturated heterocycles. The third-order valence-corrected chi connectivity index (χ3v) is 7.47. The number of benzene rings is 1. The van der Waals surface area contributed by atoms with E-state index in [9.17, 15) is 18.0 Å². The van der Waals surface area contributed by atoms with Gasteiger partial charge in [-0.15, -0.1) is 11.3 Å². The summed E-state index contributed by atoms with van der Waals surface area (Å²) >= 11 is 1.22. The molecule has 0 saturated carbocycles. The lowest BCUT2D eigenvalue weighted by Crippen LogP contribution is -2.39. The number of nitrogens with one attached hydrogen (secondary N) is 1. The zero-order valence-corrected chi connectivity index (χ0v) is 18.0. The van der Waals surface area contributed by atoms with Gasteiger partial charge in [0.05, 0.1) is 17.1 Å². The van der Waals surface area contributed by atoms with E-state index < -0.39 is 21.9 Å². The van der Waals surface area contributed by atoms with Gasteiger partial charge in [-0.05, 0) is 61.4 Å². The maximum Gasteiger partial charge on any atom is 0.341 e. The van der Waals surface area contributed by atoms with Crippen molar-refractivity contribution in [2.45, 2.75) is 31.6 Å². The first-order chi connectivity index (χ1) is 13.8. The fraction of sp³-hybridized carbons (Fsp3) is 0.400. The summed E-state index contributed by atoms with van der Waals surface area (Å²) < 4.78 is 32.1. The normalized spacial score (nSPS) is 17.7. The molecule has 0 bridgehead atoms. The summed E-state index contributed by atoms with van der Waals surface area (Å²) in [7, 11) is -3.57. The van der Waals surface area contributed by atoms with Gasteiger partial charge in [-0.1, -0.05) is 6.92 Å². The number of ether oxygens (including phenoxy) is 1. The highest BCUT2D eigenvalue weighted by atomic mass is 32.2. The van der Waals surface area contributed by atoms with Crippen molar-refractivity contribution < 1.29 is 22.7 Å². The van der Waals surface area contributed by atoms with Crippen molar-refractivity contribution in [3.05, 3.63) is 46.8 Å². The number of amides is 1. The van der Waals surface area contributed by atoms with E-state index >= 15 is 0 Å². The molecular formula is C20H24N2O5S2. The molecule has 0 spiro atoms. The predicted octanol–water partition coefficient (Wildman–Crippen LogP) is 3.60. The third-order valence-electron chi connectivity index (χ3n) is 4.76. The minimum Gasteiger partial charge on any atom is -0.462 e. The highest BCUT2D eigenvalue weighted by Gasteiger charge is 2.28. The van der Waals surface area contributed by atoms with Crippen molar-refractivity contribution in [2.24, 2.45) is 5.92 Å². The molecule has 3 rings (SSSR count). The topological polar surface area (TPSA) is 92.8 Å². The number of anilines is 1. The van der Waals surface area contributed by atoms with Gasteiger partial charge in [-0.25, -0.2) is 13.2 Å². The Morgan fingerprint density at radius 2 is 1.97 bits per heavy atom. The van der Waals surface area contributed by atoms with E-state index in [0.717, 1.165) is 12.8 Å². The van der Waals surface area contributed by atoms with Crippen LogP contribution in [0.4, 0.5) is 5.00 Å². The Morgan fingerprint density at radius 1 is 1.24 bits per heavy atom. The van der Waals surface area contributed by atoms with Crippen LogP contribution in [0.3, 0.4) is 0 Å². The molecule has 29 heavy (non-hydrogen) atoms. The van der Waals surface area contributed by atoms with Crippen molar-refractivity contribution in [1.29, 1.82) is 0 Å². The zero-order valence-electron chi connectivity index (χ0n) is 16.4. The fourth-order valence-electron chi connectivity index (χ4n) is 3.24. The number of thiophene rings is 1. The van der Waals surface area contributed by atoms with E-state index in [4.69, 9.17) is 4.74 Å². The predicted molar refractivity (Wildman–Crippen MR) is 112 cm³/mol. The summed E-state index contributed by atoms with van der Waals surface area (Å²) in [6, 6.07) is 7.45. The molecule has 0 aliphatic carbocycles. The van der Waals surface area contributed by atoms with Crippen molar-refractivity contribution in [3.8, 4) is 0 Å². The van der Waals surface area contributed by atoms with E-state index in [0.29, 0.717) is 35.1 Å². The Hall–Kier alpha value is -2.23. The lowest BCUT2D eigenvalue weighted by molar-refractivity contribution is 0.0528. The van der Waals surface area contributed by atoms with Gasteiger partial charge >= 0.3 is 5.97 Å². The number of sulfonamides is 1. The average Bonchev–Trinajstić information content (AvgIpc) is 3.16. The maximum atomic E-state index is 12.8. The number of hydrogen-bond donors (Lipinski definition) is 1. The van der Waals surface area contributed by atoms with Crippen LogP contribution in [0.15, 0.2) is 40.6 Å². The van der Waals surface area contributed by atoms with Gasteiger partial charge in [0.25, 0.3) is 5.91 Å². The lowest BCUT2D eigenvalue weighted by atomic mass is 10.0. The minimum absolute atomic E-state index is 0.173. The van der Waals surface area contributed by atoms with Crippen molar-refractivity contribution in [2.75, 3.05) is 25.0 Å². The van der Waals surface area contributed by atoms with Crippen LogP contribution >= 0.6 is 11.3 Å². The van der Waals surface area contributed by atoms with E-state index in [1.165, 1.54) is 39.9 Å². The average molecular weight is 437 g/mol. The smallest absolute Gasteiger partial charge is 0.341 e. The molecule has 1 N–H and O–H groups in total. The highest BCUT2D eigenvalue weighted by molar-refractivity contribution is 7.89. The molecule has 1 aliphatic rings. The fourth-order valence-corrected chi connectivity index (χ4v) is 5.61. The molecule has 2 heterocycles. The molecular weight excluding hydrogens is 412 g/mol. The van der Waals surface area contributed by atoms with Crippen molar-refractivity contribution in [1.82, 2.24) is 4.31 Å².